The number of imidazole rings is 1. The van der Waals surface area contributed by atoms with E-state index in [-0.39, 0.29) is 12.2 Å². The van der Waals surface area contributed by atoms with Crippen molar-refractivity contribution in [3.8, 4) is 0 Å². The van der Waals surface area contributed by atoms with Gasteiger partial charge in [0.2, 0.25) is 0 Å². The van der Waals surface area contributed by atoms with Crippen LogP contribution < -0.4 is 5.73 Å². The Bertz CT molecular complexity index is 595. The number of nitrogen functional groups attached to an aromatic ring is 1. The number of carbonyl (C=O) groups is 1. The van der Waals surface area contributed by atoms with E-state index in [1.165, 1.54) is 12.1 Å². The second-order valence-corrected chi connectivity index (χ2v) is 4.04. The van der Waals surface area contributed by atoms with E-state index < -0.39 is 11.8 Å². The van der Waals surface area contributed by atoms with Gasteiger partial charge < -0.3 is 15.0 Å². The highest BCUT2D eigenvalue weighted by atomic mass is 19.1. The van der Waals surface area contributed by atoms with Gasteiger partial charge in [-0.25, -0.2) is 14.2 Å². The molecule has 0 amide bonds. The number of hydrogen-bond donors (Lipinski definition) is 1. The molecule has 0 spiro atoms. The third-order valence-electron chi connectivity index (χ3n) is 2.70. The summed E-state index contributed by atoms with van der Waals surface area (Å²) in [4.78, 5) is 15.7. The number of carbonyl (C=O) groups excluding carboxylic acids is 1. The molecule has 0 unspecified atom stereocenters. The van der Waals surface area contributed by atoms with Crippen LogP contribution in [-0.4, -0.2) is 22.1 Å². The standard InChI is InChI=1S/C13H14FN3O2/c1-9-16-4-5-17(9)6-7-19-13(18)11-8-10(15)2-3-12(11)14/h2-5,8H,6-7,15H2,1H3. The molecule has 6 heteroatoms. The maximum absolute atomic E-state index is 13.4. The summed E-state index contributed by atoms with van der Waals surface area (Å²) in [5.41, 5.74) is 5.67. The lowest BCUT2D eigenvalue weighted by Gasteiger charge is -2.08. The van der Waals surface area contributed by atoms with Crippen molar-refractivity contribution in [2.75, 3.05) is 12.3 Å². The predicted molar refractivity (Wildman–Crippen MR) is 68.1 cm³/mol. The Morgan fingerprint density at radius 1 is 1.53 bits per heavy atom. The summed E-state index contributed by atoms with van der Waals surface area (Å²) in [5, 5.41) is 0. The van der Waals surface area contributed by atoms with Crippen LogP contribution in [0, 0.1) is 12.7 Å². The average molecular weight is 263 g/mol. The van der Waals surface area contributed by atoms with E-state index in [2.05, 4.69) is 4.98 Å². The van der Waals surface area contributed by atoms with Crippen LogP contribution in [0.1, 0.15) is 16.2 Å². The zero-order chi connectivity index (χ0) is 13.8. The highest BCUT2D eigenvalue weighted by Gasteiger charge is 2.13. The molecule has 0 aliphatic rings. The number of aromatic nitrogens is 2. The molecule has 0 bridgehead atoms. The van der Waals surface area contributed by atoms with Crippen molar-refractivity contribution in [1.29, 1.82) is 0 Å². The Balaban J connectivity index is 1.94. The first-order valence-electron chi connectivity index (χ1n) is 5.78. The molecule has 2 rings (SSSR count). The normalized spacial score (nSPS) is 10.4. The Kier molecular flexibility index (Phi) is 3.79. The van der Waals surface area contributed by atoms with Crippen LogP contribution >= 0.6 is 0 Å². The number of nitrogens with zero attached hydrogens (tertiary/aromatic N) is 2. The van der Waals surface area contributed by atoms with E-state index in [1.54, 1.807) is 12.4 Å². The molecule has 1 aromatic carbocycles. The number of rotatable bonds is 4. The quantitative estimate of drug-likeness (QED) is 0.674. The first-order valence-corrected chi connectivity index (χ1v) is 5.78. The van der Waals surface area contributed by atoms with E-state index in [0.29, 0.717) is 12.2 Å². The Morgan fingerprint density at radius 3 is 3.00 bits per heavy atom. The third kappa shape index (κ3) is 3.09. The van der Waals surface area contributed by atoms with Gasteiger partial charge in [0.25, 0.3) is 0 Å². The molecule has 0 aliphatic carbocycles. The first-order chi connectivity index (χ1) is 9.08. The number of ether oxygens (including phenoxy) is 1. The zero-order valence-corrected chi connectivity index (χ0v) is 10.5. The summed E-state index contributed by atoms with van der Waals surface area (Å²) in [6, 6.07) is 3.80. The summed E-state index contributed by atoms with van der Waals surface area (Å²) in [7, 11) is 0. The summed E-state index contributed by atoms with van der Waals surface area (Å²) in [5.74, 6) is -0.535. The number of anilines is 1. The minimum absolute atomic E-state index is 0.143. The van der Waals surface area contributed by atoms with E-state index in [4.69, 9.17) is 10.5 Å². The molecule has 1 heterocycles. The van der Waals surface area contributed by atoms with Gasteiger partial charge >= 0.3 is 5.97 Å². The Morgan fingerprint density at radius 2 is 2.32 bits per heavy atom. The van der Waals surface area contributed by atoms with Crippen LogP contribution in [0.4, 0.5) is 10.1 Å². The van der Waals surface area contributed by atoms with Crippen molar-refractivity contribution < 1.29 is 13.9 Å². The van der Waals surface area contributed by atoms with Crippen molar-refractivity contribution in [2.45, 2.75) is 13.5 Å². The van der Waals surface area contributed by atoms with Crippen molar-refractivity contribution >= 4 is 11.7 Å². The molecule has 0 aliphatic heterocycles. The summed E-state index contributed by atoms with van der Waals surface area (Å²) < 4.78 is 20.3. The van der Waals surface area contributed by atoms with Gasteiger partial charge in [0.05, 0.1) is 12.1 Å². The van der Waals surface area contributed by atoms with Crippen LogP contribution in [0.2, 0.25) is 0 Å². The fourth-order valence-corrected chi connectivity index (χ4v) is 1.65. The van der Waals surface area contributed by atoms with Crippen molar-refractivity contribution in [3.05, 3.63) is 47.8 Å². The Hall–Kier alpha value is -2.37. The predicted octanol–water partition coefficient (Wildman–Crippen LogP) is 1.77. The first kappa shape index (κ1) is 13.1. The van der Waals surface area contributed by atoms with Crippen molar-refractivity contribution in [1.82, 2.24) is 9.55 Å². The topological polar surface area (TPSA) is 70.1 Å². The SMILES string of the molecule is Cc1nccn1CCOC(=O)c1cc(N)ccc1F. The van der Waals surface area contributed by atoms with E-state index in [1.807, 2.05) is 11.5 Å². The van der Waals surface area contributed by atoms with E-state index in [9.17, 15) is 9.18 Å². The average Bonchev–Trinajstić information content (AvgIpc) is 2.78. The zero-order valence-electron chi connectivity index (χ0n) is 10.5. The minimum Gasteiger partial charge on any atom is -0.460 e. The van der Waals surface area contributed by atoms with Crippen molar-refractivity contribution in [2.24, 2.45) is 0 Å². The van der Waals surface area contributed by atoms with Gasteiger partial charge in [-0.3, -0.25) is 0 Å². The molecule has 2 N–H and O–H groups in total. The lowest BCUT2D eigenvalue weighted by Crippen LogP contribution is -2.13. The van der Waals surface area contributed by atoms with E-state index in [0.717, 1.165) is 11.9 Å². The molecule has 0 atom stereocenters. The van der Waals surface area contributed by atoms with Gasteiger partial charge in [0.15, 0.2) is 0 Å². The number of esters is 1. The number of aryl methyl sites for hydroxylation is 1. The summed E-state index contributed by atoms with van der Waals surface area (Å²) in [6.07, 6.45) is 3.44. The lowest BCUT2D eigenvalue weighted by molar-refractivity contribution is 0.0485. The van der Waals surface area contributed by atoms with Crippen molar-refractivity contribution in [3.63, 3.8) is 0 Å². The molecular weight excluding hydrogens is 249 g/mol. The molecule has 100 valence electrons. The maximum atomic E-state index is 13.4. The van der Waals surface area contributed by atoms with Crippen LogP contribution in [0.5, 0.6) is 0 Å². The molecule has 5 nitrogen and oxygen atoms in total. The molecule has 19 heavy (non-hydrogen) atoms. The van der Waals surface area contributed by atoms with Crippen LogP contribution in [-0.2, 0) is 11.3 Å². The monoisotopic (exact) mass is 263 g/mol. The largest absolute Gasteiger partial charge is 0.460 e. The van der Waals surface area contributed by atoms with Gasteiger partial charge in [-0.2, -0.15) is 0 Å². The second-order valence-electron chi connectivity index (χ2n) is 4.04. The number of hydrogen-bond acceptors (Lipinski definition) is 4. The second kappa shape index (κ2) is 5.51. The summed E-state index contributed by atoms with van der Waals surface area (Å²) in [6.45, 7) is 2.46. The fourth-order valence-electron chi connectivity index (χ4n) is 1.65. The number of nitrogens with two attached hydrogens (primary N) is 1. The van der Waals surface area contributed by atoms with Crippen LogP contribution in [0.15, 0.2) is 30.6 Å². The van der Waals surface area contributed by atoms with Gasteiger partial charge in [0, 0.05) is 18.1 Å². The molecule has 0 radical (unpaired) electrons. The molecule has 0 saturated heterocycles. The molecule has 0 fully saturated rings. The van der Waals surface area contributed by atoms with E-state index >= 15 is 0 Å². The fraction of sp³-hybridized carbons (Fsp3) is 0.231. The highest BCUT2D eigenvalue weighted by molar-refractivity contribution is 5.90. The highest BCUT2D eigenvalue weighted by Crippen LogP contribution is 2.13. The number of benzene rings is 1. The number of halogens is 1. The van der Waals surface area contributed by atoms with Gasteiger partial charge in [-0.15, -0.1) is 0 Å². The third-order valence-corrected chi connectivity index (χ3v) is 2.70. The van der Waals surface area contributed by atoms with Crippen LogP contribution in [0.3, 0.4) is 0 Å². The Labute approximate surface area is 109 Å². The van der Waals surface area contributed by atoms with Crippen LogP contribution in [0.25, 0.3) is 0 Å². The molecular formula is C13H14FN3O2. The van der Waals surface area contributed by atoms with Gasteiger partial charge in [-0.05, 0) is 25.1 Å². The minimum atomic E-state index is -0.720. The lowest BCUT2D eigenvalue weighted by atomic mass is 10.2. The molecule has 2 aromatic rings. The smallest absolute Gasteiger partial charge is 0.341 e. The van der Waals surface area contributed by atoms with Gasteiger partial charge in [-0.1, -0.05) is 0 Å². The molecule has 0 saturated carbocycles. The van der Waals surface area contributed by atoms with Gasteiger partial charge in [0.1, 0.15) is 18.2 Å². The summed E-state index contributed by atoms with van der Waals surface area (Å²) >= 11 is 0. The molecule has 1 aromatic heterocycles. The maximum Gasteiger partial charge on any atom is 0.341 e.